The Morgan fingerprint density at radius 3 is 2.63 bits per heavy atom. The summed E-state index contributed by atoms with van der Waals surface area (Å²) in [6.07, 6.45) is 5.89. The molecule has 0 aliphatic carbocycles. The molecule has 19 heavy (non-hydrogen) atoms. The molecule has 4 heteroatoms. The topological polar surface area (TPSA) is 44.8 Å². The van der Waals surface area contributed by atoms with E-state index in [0.29, 0.717) is 0 Å². The standard InChI is InChI=1S/C15H26O4/c1-6-7-8-9-12-13(10-11(2)17-12)18-14(16)19-15(3,4)5/h7-8,11-13H,6,9-10H2,1-5H3/t11-,12-,13-/m0/s1. The van der Waals surface area contributed by atoms with E-state index >= 15 is 0 Å². The van der Waals surface area contributed by atoms with Crippen LogP contribution < -0.4 is 0 Å². The van der Waals surface area contributed by atoms with Crippen LogP contribution in [0.3, 0.4) is 0 Å². The number of hydrogen-bond acceptors (Lipinski definition) is 4. The molecule has 1 aliphatic rings. The van der Waals surface area contributed by atoms with Gasteiger partial charge in [0.15, 0.2) is 0 Å². The van der Waals surface area contributed by atoms with Crippen LogP contribution in [0.1, 0.15) is 53.9 Å². The van der Waals surface area contributed by atoms with Gasteiger partial charge in [-0.15, -0.1) is 0 Å². The highest BCUT2D eigenvalue weighted by Crippen LogP contribution is 2.26. The Hall–Kier alpha value is -1.03. The number of carbonyl (C=O) groups is 1. The van der Waals surface area contributed by atoms with Crippen LogP contribution in [-0.4, -0.2) is 30.1 Å². The number of carbonyl (C=O) groups excluding carboxylic acids is 1. The monoisotopic (exact) mass is 270 g/mol. The van der Waals surface area contributed by atoms with Crippen LogP contribution in [0, 0.1) is 0 Å². The molecule has 0 amide bonds. The Balaban J connectivity index is 2.49. The van der Waals surface area contributed by atoms with Crippen molar-refractivity contribution in [2.45, 2.75) is 77.8 Å². The van der Waals surface area contributed by atoms with Crippen molar-refractivity contribution in [3.63, 3.8) is 0 Å². The average Bonchev–Trinajstić information content (AvgIpc) is 2.56. The summed E-state index contributed by atoms with van der Waals surface area (Å²) in [7, 11) is 0. The molecule has 0 bridgehead atoms. The van der Waals surface area contributed by atoms with Crippen molar-refractivity contribution in [1.82, 2.24) is 0 Å². The molecule has 0 N–H and O–H groups in total. The molecular formula is C15H26O4. The molecule has 0 aromatic heterocycles. The van der Waals surface area contributed by atoms with Crippen molar-refractivity contribution in [3.05, 3.63) is 12.2 Å². The van der Waals surface area contributed by atoms with Crippen molar-refractivity contribution in [1.29, 1.82) is 0 Å². The molecular weight excluding hydrogens is 244 g/mol. The Bertz CT molecular complexity index is 317. The van der Waals surface area contributed by atoms with Gasteiger partial charge in [0.2, 0.25) is 0 Å². The van der Waals surface area contributed by atoms with Crippen LogP contribution >= 0.6 is 0 Å². The van der Waals surface area contributed by atoms with Crippen molar-refractivity contribution in [3.8, 4) is 0 Å². The first-order valence-electron chi connectivity index (χ1n) is 7.02. The summed E-state index contributed by atoms with van der Waals surface area (Å²) < 4.78 is 16.3. The normalized spacial score (nSPS) is 27.7. The summed E-state index contributed by atoms with van der Waals surface area (Å²) in [6, 6.07) is 0. The van der Waals surface area contributed by atoms with Gasteiger partial charge in [0.25, 0.3) is 0 Å². The molecule has 0 spiro atoms. The van der Waals surface area contributed by atoms with E-state index in [1.165, 1.54) is 0 Å². The Morgan fingerprint density at radius 1 is 1.37 bits per heavy atom. The molecule has 1 fully saturated rings. The van der Waals surface area contributed by atoms with Crippen molar-refractivity contribution in [2.24, 2.45) is 0 Å². The van der Waals surface area contributed by atoms with Gasteiger partial charge in [-0.3, -0.25) is 0 Å². The van der Waals surface area contributed by atoms with Crippen LogP contribution in [0.4, 0.5) is 4.79 Å². The van der Waals surface area contributed by atoms with Gasteiger partial charge >= 0.3 is 6.16 Å². The van der Waals surface area contributed by atoms with Gasteiger partial charge in [0, 0.05) is 6.42 Å². The molecule has 4 nitrogen and oxygen atoms in total. The highest BCUT2D eigenvalue weighted by molar-refractivity contribution is 5.60. The first-order valence-corrected chi connectivity index (χ1v) is 7.02. The third-order valence-electron chi connectivity index (χ3n) is 2.79. The second-order valence-electron chi connectivity index (χ2n) is 5.96. The molecule has 110 valence electrons. The summed E-state index contributed by atoms with van der Waals surface area (Å²) in [6.45, 7) is 9.55. The Kier molecular flexibility index (Phi) is 5.85. The lowest BCUT2D eigenvalue weighted by Crippen LogP contribution is -2.31. The molecule has 1 saturated heterocycles. The highest BCUT2D eigenvalue weighted by Gasteiger charge is 2.36. The molecule has 0 aromatic carbocycles. The minimum absolute atomic E-state index is 0.0645. The van der Waals surface area contributed by atoms with Crippen molar-refractivity contribution in [2.75, 3.05) is 0 Å². The number of rotatable bonds is 4. The third kappa shape index (κ3) is 6.10. The summed E-state index contributed by atoms with van der Waals surface area (Å²) in [4.78, 5) is 11.7. The van der Waals surface area contributed by atoms with Crippen molar-refractivity contribution >= 4 is 6.16 Å². The largest absolute Gasteiger partial charge is 0.509 e. The van der Waals surface area contributed by atoms with Crippen LogP contribution in [0.25, 0.3) is 0 Å². The predicted molar refractivity (Wildman–Crippen MR) is 74.1 cm³/mol. The molecule has 1 aliphatic heterocycles. The molecule has 0 aromatic rings. The maximum absolute atomic E-state index is 11.7. The number of allylic oxidation sites excluding steroid dienone is 1. The number of hydrogen-bond donors (Lipinski definition) is 0. The Morgan fingerprint density at radius 2 is 2.05 bits per heavy atom. The number of ether oxygens (including phenoxy) is 3. The van der Waals surface area contributed by atoms with E-state index < -0.39 is 11.8 Å². The summed E-state index contributed by atoms with van der Waals surface area (Å²) in [5.41, 5.74) is -0.528. The average molecular weight is 270 g/mol. The lowest BCUT2D eigenvalue weighted by atomic mass is 10.1. The quantitative estimate of drug-likeness (QED) is 0.575. The minimum atomic E-state index is -0.611. The molecule has 0 unspecified atom stereocenters. The van der Waals surface area contributed by atoms with Gasteiger partial charge in [0.1, 0.15) is 11.7 Å². The molecule has 1 rings (SSSR count). The van der Waals surface area contributed by atoms with Crippen molar-refractivity contribution < 1.29 is 19.0 Å². The van der Waals surface area contributed by atoms with E-state index in [0.717, 1.165) is 19.3 Å². The summed E-state index contributed by atoms with van der Waals surface area (Å²) >= 11 is 0. The maximum atomic E-state index is 11.7. The lowest BCUT2D eigenvalue weighted by molar-refractivity contribution is -0.0463. The molecule has 1 heterocycles. The zero-order valence-electron chi connectivity index (χ0n) is 12.6. The minimum Gasteiger partial charge on any atom is -0.429 e. The van der Waals surface area contributed by atoms with E-state index in [1.54, 1.807) is 0 Å². The SMILES string of the molecule is CCC=CC[C@@H]1O[C@@H](C)C[C@@H]1OC(=O)OC(C)(C)C. The maximum Gasteiger partial charge on any atom is 0.509 e. The van der Waals surface area contributed by atoms with Gasteiger partial charge < -0.3 is 14.2 Å². The van der Waals surface area contributed by atoms with Crippen LogP contribution in [0.2, 0.25) is 0 Å². The van der Waals surface area contributed by atoms with Gasteiger partial charge in [-0.1, -0.05) is 19.1 Å². The zero-order chi connectivity index (χ0) is 14.5. The van der Waals surface area contributed by atoms with E-state index in [1.807, 2.05) is 27.7 Å². The Labute approximate surface area is 116 Å². The second-order valence-corrected chi connectivity index (χ2v) is 5.96. The predicted octanol–water partition coefficient (Wildman–Crippen LogP) is 3.84. The fourth-order valence-corrected chi connectivity index (χ4v) is 2.05. The van der Waals surface area contributed by atoms with E-state index in [9.17, 15) is 4.79 Å². The third-order valence-corrected chi connectivity index (χ3v) is 2.79. The lowest BCUT2D eigenvalue weighted by Gasteiger charge is -2.22. The second kappa shape index (κ2) is 6.94. The smallest absolute Gasteiger partial charge is 0.429 e. The fourth-order valence-electron chi connectivity index (χ4n) is 2.05. The highest BCUT2D eigenvalue weighted by atomic mass is 16.7. The summed E-state index contributed by atoms with van der Waals surface area (Å²) in [5, 5.41) is 0. The van der Waals surface area contributed by atoms with Gasteiger partial charge in [0.05, 0.1) is 12.2 Å². The van der Waals surface area contributed by atoms with Gasteiger partial charge in [-0.2, -0.15) is 0 Å². The molecule has 0 saturated carbocycles. The zero-order valence-corrected chi connectivity index (χ0v) is 12.6. The van der Waals surface area contributed by atoms with Crippen LogP contribution in [-0.2, 0) is 14.2 Å². The first kappa shape index (κ1) is 16.0. The fraction of sp³-hybridized carbons (Fsp3) is 0.800. The first-order chi connectivity index (χ1) is 8.81. The van der Waals surface area contributed by atoms with Gasteiger partial charge in [-0.25, -0.2) is 4.79 Å². The van der Waals surface area contributed by atoms with Crippen LogP contribution in [0.5, 0.6) is 0 Å². The van der Waals surface area contributed by atoms with E-state index in [4.69, 9.17) is 14.2 Å². The van der Waals surface area contributed by atoms with E-state index in [-0.39, 0.29) is 18.3 Å². The summed E-state index contributed by atoms with van der Waals surface area (Å²) in [5.74, 6) is 0. The van der Waals surface area contributed by atoms with E-state index in [2.05, 4.69) is 19.1 Å². The molecule has 0 radical (unpaired) electrons. The van der Waals surface area contributed by atoms with Crippen LogP contribution in [0.15, 0.2) is 12.2 Å². The van der Waals surface area contributed by atoms with Gasteiger partial charge in [-0.05, 0) is 40.5 Å². The molecule has 3 atom stereocenters.